The highest BCUT2D eigenvalue weighted by atomic mass is 15.3. The highest BCUT2D eigenvalue weighted by molar-refractivity contribution is 5.05. The first-order valence-electron chi connectivity index (χ1n) is 5.04. The van der Waals surface area contributed by atoms with Crippen molar-refractivity contribution in [2.45, 2.75) is 19.4 Å². The number of aromatic nitrogens is 5. The number of hydrogen-bond acceptors (Lipinski definition) is 5. The van der Waals surface area contributed by atoms with Gasteiger partial charge < -0.3 is 5.73 Å². The van der Waals surface area contributed by atoms with Crippen LogP contribution < -0.4 is 5.73 Å². The van der Waals surface area contributed by atoms with Crippen LogP contribution in [-0.4, -0.2) is 24.7 Å². The van der Waals surface area contributed by atoms with Crippen LogP contribution in [0.15, 0.2) is 18.7 Å². The molecule has 0 bridgehead atoms. The first-order chi connectivity index (χ1) is 7.66. The normalized spacial score (nSPS) is 12.7. The van der Waals surface area contributed by atoms with Crippen molar-refractivity contribution in [1.82, 2.24) is 24.7 Å². The molecule has 6 heteroatoms. The van der Waals surface area contributed by atoms with Gasteiger partial charge in [0.15, 0.2) is 0 Å². The Kier molecular flexibility index (Phi) is 2.91. The number of nitrogens with two attached hydrogens (primary N) is 1. The molecule has 2 heterocycles. The third-order valence-corrected chi connectivity index (χ3v) is 2.34. The van der Waals surface area contributed by atoms with Crippen LogP contribution in [0.25, 0.3) is 0 Å². The van der Waals surface area contributed by atoms with E-state index in [1.54, 1.807) is 17.1 Å². The Morgan fingerprint density at radius 3 is 2.56 bits per heavy atom. The lowest BCUT2D eigenvalue weighted by molar-refractivity contribution is 0.603. The molecule has 16 heavy (non-hydrogen) atoms. The zero-order valence-corrected chi connectivity index (χ0v) is 9.33. The Balaban J connectivity index is 2.11. The quantitative estimate of drug-likeness (QED) is 0.793. The lowest BCUT2D eigenvalue weighted by atomic mass is 10.2. The highest BCUT2D eigenvalue weighted by Gasteiger charge is 2.12. The Bertz CT molecular complexity index is 460. The highest BCUT2D eigenvalue weighted by Crippen LogP contribution is 2.09. The van der Waals surface area contributed by atoms with Crippen molar-refractivity contribution in [2.24, 2.45) is 12.8 Å². The lowest BCUT2D eigenvalue weighted by Gasteiger charge is -2.09. The third-order valence-electron chi connectivity index (χ3n) is 2.34. The van der Waals surface area contributed by atoms with Gasteiger partial charge in [0.05, 0.1) is 6.04 Å². The minimum Gasteiger partial charge on any atom is -0.321 e. The fraction of sp³-hybridized carbons (Fsp3) is 0.400. The maximum absolute atomic E-state index is 6.00. The second kappa shape index (κ2) is 4.36. The topological polar surface area (TPSA) is 82.5 Å². The molecule has 6 nitrogen and oxygen atoms in total. The van der Waals surface area contributed by atoms with E-state index in [1.807, 2.05) is 14.0 Å². The zero-order valence-electron chi connectivity index (χ0n) is 9.33. The van der Waals surface area contributed by atoms with Gasteiger partial charge in [-0.05, 0) is 12.5 Å². The van der Waals surface area contributed by atoms with E-state index in [1.165, 1.54) is 6.33 Å². The largest absolute Gasteiger partial charge is 0.321 e. The Hall–Kier alpha value is -1.82. The predicted molar refractivity (Wildman–Crippen MR) is 58.4 cm³/mol. The number of nitrogens with zero attached hydrogens (tertiary/aromatic N) is 5. The lowest BCUT2D eigenvalue weighted by Crippen LogP contribution is -2.18. The van der Waals surface area contributed by atoms with Crippen LogP contribution in [0.5, 0.6) is 0 Å². The maximum Gasteiger partial charge on any atom is 0.145 e. The van der Waals surface area contributed by atoms with Gasteiger partial charge in [-0.25, -0.2) is 15.0 Å². The molecule has 1 atom stereocenters. The summed E-state index contributed by atoms with van der Waals surface area (Å²) in [5.41, 5.74) is 7.02. The van der Waals surface area contributed by atoms with Crippen LogP contribution in [0.4, 0.5) is 0 Å². The summed E-state index contributed by atoms with van der Waals surface area (Å²) in [7, 11) is 1.84. The van der Waals surface area contributed by atoms with Gasteiger partial charge >= 0.3 is 0 Å². The molecule has 84 valence electrons. The Labute approximate surface area is 93.6 Å². The van der Waals surface area contributed by atoms with Gasteiger partial charge in [-0.2, -0.15) is 5.10 Å². The van der Waals surface area contributed by atoms with Crippen molar-refractivity contribution in [2.75, 3.05) is 0 Å². The van der Waals surface area contributed by atoms with E-state index in [0.717, 1.165) is 11.4 Å². The van der Waals surface area contributed by atoms with Gasteiger partial charge in [0.25, 0.3) is 0 Å². The molecular weight excluding hydrogens is 204 g/mol. The van der Waals surface area contributed by atoms with Gasteiger partial charge in [0.1, 0.15) is 18.0 Å². The van der Waals surface area contributed by atoms with Crippen molar-refractivity contribution < 1.29 is 0 Å². The van der Waals surface area contributed by atoms with Gasteiger partial charge in [-0.1, -0.05) is 0 Å². The fourth-order valence-electron chi connectivity index (χ4n) is 1.39. The standard InChI is InChI=1S/C10H14N6/c1-7-4-12-10(13-5-7)8(11)3-9-14-6-15-16(9)2/h4-6,8H,3,11H2,1-2H3. The van der Waals surface area contributed by atoms with Crippen LogP contribution >= 0.6 is 0 Å². The van der Waals surface area contributed by atoms with Crippen LogP contribution in [-0.2, 0) is 13.5 Å². The van der Waals surface area contributed by atoms with Gasteiger partial charge in [-0.3, -0.25) is 4.68 Å². The SMILES string of the molecule is Cc1cnc(C(N)Cc2ncnn2C)nc1. The molecule has 0 saturated heterocycles. The molecule has 1 unspecified atom stereocenters. The summed E-state index contributed by atoms with van der Waals surface area (Å²) in [5.74, 6) is 1.46. The van der Waals surface area contributed by atoms with E-state index in [0.29, 0.717) is 12.2 Å². The molecular formula is C10H14N6. The van der Waals surface area contributed by atoms with Gasteiger partial charge in [0, 0.05) is 25.9 Å². The van der Waals surface area contributed by atoms with Gasteiger partial charge in [-0.15, -0.1) is 0 Å². The van der Waals surface area contributed by atoms with Crippen molar-refractivity contribution in [1.29, 1.82) is 0 Å². The molecule has 2 rings (SSSR count). The predicted octanol–water partition coefficient (Wildman–Crippen LogP) is 0.156. The monoisotopic (exact) mass is 218 g/mol. The molecule has 0 radical (unpaired) electrons. The van der Waals surface area contributed by atoms with Gasteiger partial charge in [0.2, 0.25) is 0 Å². The molecule has 0 fully saturated rings. The van der Waals surface area contributed by atoms with E-state index in [9.17, 15) is 0 Å². The van der Waals surface area contributed by atoms with Crippen LogP contribution in [0.1, 0.15) is 23.3 Å². The van der Waals surface area contributed by atoms with E-state index < -0.39 is 0 Å². The van der Waals surface area contributed by atoms with Crippen molar-refractivity contribution in [3.8, 4) is 0 Å². The molecule has 2 N–H and O–H groups in total. The van der Waals surface area contributed by atoms with E-state index in [2.05, 4.69) is 20.1 Å². The molecule has 2 aromatic heterocycles. The maximum atomic E-state index is 6.00. The summed E-state index contributed by atoms with van der Waals surface area (Å²) >= 11 is 0. The average molecular weight is 218 g/mol. The summed E-state index contributed by atoms with van der Waals surface area (Å²) in [6.45, 7) is 1.94. The Morgan fingerprint density at radius 1 is 1.31 bits per heavy atom. The van der Waals surface area contributed by atoms with Crippen molar-refractivity contribution in [3.05, 3.63) is 35.9 Å². The molecule has 0 aliphatic heterocycles. The first-order valence-corrected chi connectivity index (χ1v) is 5.04. The van der Waals surface area contributed by atoms with Crippen molar-refractivity contribution in [3.63, 3.8) is 0 Å². The molecule has 0 spiro atoms. The zero-order chi connectivity index (χ0) is 11.5. The van der Waals surface area contributed by atoms with Crippen molar-refractivity contribution >= 4 is 0 Å². The molecule has 0 aliphatic carbocycles. The number of hydrogen-bond donors (Lipinski definition) is 1. The number of rotatable bonds is 3. The van der Waals surface area contributed by atoms with Crippen LogP contribution in [0, 0.1) is 6.92 Å². The first kappa shape index (κ1) is 10.7. The minimum atomic E-state index is -0.247. The Morgan fingerprint density at radius 2 is 2.00 bits per heavy atom. The van der Waals surface area contributed by atoms with E-state index in [4.69, 9.17) is 5.73 Å². The van der Waals surface area contributed by atoms with E-state index >= 15 is 0 Å². The fourth-order valence-corrected chi connectivity index (χ4v) is 1.39. The minimum absolute atomic E-state index is 0.247. The summed E-state index contributed by atoms with van der Waals surface area (Å²) < 4.78 is 1.70. The molecule has 2 aromatic rings. The molecule has 0 aromatic carbocycles. The smallest absolute Gasteiger partial charge is 0.145 e. The third kappa shape index (κ3) is 2.22. The summed E-state index contributed by atoms with van der Waals surface area (Å²) in [5, 5.41) is 3.99. The molecule has 0 amide bonds. The molecule has 0 saturated carbocycles. The van der Waals surface area contributed by atoms with Crippen LogP contribution in [0.2, 0.25) is 0 Å². The second-order valence-corrected chi connectivity index (χ2v) is 3.73. The summed E-state index contributed by atoms with van der Waals surface area (Å²) in [6.07, 6.45) is 5.62. The van der Waals surface area contributed by atoms with Crippen LogP contribution in [0.3, 0.4) is 0 Å². The second-order valence-electron chi connectivity index (χ2n) is 3.73. The average Bonchev–Trinajstić information content (AvgIpc) is 2.65. The summed E-state index contributed by atoms with van der Waals surface area (Å²) in [4.78, 5) is 12.5. The number of aryl methyl sites for hydroxylation is 2. The van der Waals surface area contributed by atoms with E-state index in [-0.39, 0.29) is 6.04 Å². The molecule has 0 aliphatic rings. The summed E-state index contributed by atoms with van der Waals surface area (Å²) in [6, 6.07) is -0.247.